The number of halogens is 1. The topological polar surface area (TPSA) is 44.8 Å². The van der Waals surface area contributed by atoms with E-state index < -0.39 is 0 Å². The quantitative estimate of drug-likeness (QED) is 0.838. The standard InChI is InChI=1S/C14H13BrO4/c1-2-17-13-6-12-10(7-18-13)14(16)9-5-8(15)3-4-11(9)19-12/h3-5,7,12-13H,2,6H2,1H3. The maximum Gasteiger partial charge on any atom is 0.202 e. The zero-order valence-corrected chi connectivity index (χ0v) is 12.0. The highest BCUT2D eigenvalue weighted by molar-refractivity contribution is 9.10. The fourth-order valence-electron chi connectivity index (χ4n) is 2.28. The second kappa shape index (κ2) is 4.98. The van der Waals surface area contributed by atoms with Crippen molar-refractivity contribution < 1.29 is 19.0 Å². The molecule has 4 nitrogen and oxygen atoms in total. The molecule has 0 amide bonds. The second-order valence-electron chi connectivity index (χ2n) is 4.41. The van der Waals surface area contributed by atoms with Crippen molar-refractivity contribution in [3.05, 3.63) is 40.1 Å². The summed E-state index contributed by atoms with van der Waals surface area (Å²) in [6, 6.07) is 5.43. The minimum atomic E-state index is -0.344. The van der Waals surface area contributed by atoms with Crippen molar-refractivity contribution in [1.82, 2.24) is 0 Å². The molecule has 0 radical (unpaired) electrons. The van der Waals surface area contributed by atoms with Crippen LogP contribution in [-0.2, 0) is 9.47 Å². The van der Waals surface area contributed by atoms with Crippen LogP contribution in [-0.4, -0.2) is 24.8 Å². The summed E-state index contributed by atoms with van der Waals surface area (Å²) in [6.45, 7) is 2.47. The van der Waals surface area contributed by atoms with E-state index in [0.29, 0.717) is 29.9 Å². The summed E-state index contributed by atoms with van der Waals surface area (Å²) in [4.78, 5) is 12.4. The Morgan fingerprint density at radius 1 is 1.47 bits per heavy atom. The number of rotatable bonds is 2. The van der Waals surface area contributed by atoms with Gasteiger partial charge in [0.25, 0.3) is 0 Å². The molecule has 2 unspecified atom stereocenters. The summed E-state index contributed by atoms with van der Waals surface area (Å²) in [6.07, 6.45) is 1.37. The van der Waals surface area contributed by atoms with E-state index in [1.807, 2.05) is 13.0 Å². The number of benzene rings is 1. The SMILES string of the molecule is CCOC1CC2Oc3ccc(Br)cc3C(=O)C2=CO1. The van der Waals surface area contributed by atoms with Crippen molar-refractivity contribution in [3.8, 4) is 5.75 Å². The number of carbonyl (C=O) groups is 1. The first-order valence-electron chi connectivity index (χ1n) is 6.17. The number of fused-ring (bicyclic) bond motifs is 2. The Morgan fingerprint density at radius 3 is 3.11 bits per heavy atom. The van der Waals surface area contributed by atoms with Crippen LogP contribution in [0.1, 0.15) is 23.7 Å². The maximum atomic E-state index is 12.4. The molecule has 2 aliphatic heterocycles. The fraction of sp³-hybridized carbons (Fsp3) is 0.357. The molecule has 0 spiro atoms. The zero-order valence-electron chi connectivity index (χ0n) is 10.4. The van der Waals surface area contributed by atoms with E-state index in [1.54, 1.807) is 12.1 Å². The predicted molar refractivity (Wildman–Crippen MR) is 72.1 cm³/mol. The third kappa shape index (κ3) is 2.28. The number of ether oxygens (including phenoxy) is 3. The van der Waals surface area contributed by atoms with Crippen LogP contribution in [0.4, 0.5) is 0 Å². The normalized spacial score (nSPS) is 24.7. The lowest BCUT2D eigenvalue weighted by molar-refractivity contribution is -0.127. The number of carbonyl (C=O) groups excluding carboxylic acids is 1. The van der Waals surface area contributed by atoms with Crippen LogP contribution >= 0.6 is 15.9 Å². The monoisotopic (exact) mass is 324 g/mol. The van der Waals surface area contributed by atoms with Crippen molar-refractivity contribution in [2.45, 2.75) is 25.7 Å². The first kappa shape index (κ1) is 12.7. The molecule has 0 aliphatic carbocycles. The van der Waals surface area contributed by atoms with Gasteiger partial charge in [-0.15, -0.1) is 0 Å². The lowest BCUT2D eigenvalue weighted by atomic mass is 9.93. The zero-order chi connectivity index (χ0) is 13.4. The van der Waals surface area contributed by atoms with Gasteiger partial charge in [0.1, 0.15) is 11.9 Å². The smallest absolute Gasteiger partial charge is 0.202 e. The molecular weight excluding hydrogens is 312 g/mol. The van der Waals surface area contributed by atoms with E-state index in [2.05, 4.69) is 15.9 Å². The predicted octanol–water partition coefficient (Wildman–Crippen LogP) is 3.06. The summed E-state index contributed by atoms with van der Waals surface area (Å²) in [5, 5.41) is 0. The lowest BCUT2D eigenvalue weighted by Crippen LogP contribution is -2.38. The molecule has 19 heavy (non-hydrogen) atoms. The largest absolute Gasteiger partial charge is 0.484 e. The number of Topliss-reactive ketones (excluding diaryl/α,β-unsaturated/α-hetero) is 1. The molecule has 2 atom stereocenters. The molecule has 1 aromatic carbocycles. The molecule has 2 aliphatic rings. The summed E-state index contributed by atoms with van der Waals surface area (Å²) in [5.41, 5.74) is 1.12. The van der Waals surface area contributed by atoms with E-state index >= 15 is 0 Å². The second-order valence-corrected chi connectivity index (χ2v) is 5.32. The van der Waals surface area contributed by atoms with Gasteiger partial charge in [-0.05, 0) is 25.1 Å². The molecule has 0 N–H and O–H groups in total. The molecule has 0 bridgehead atoms. The van der Waals surface area contributed by atoms with Crippen molar-refractivity contribution in [2.75, 3.05) is 6.61 Å². The van der Waals surface area contributed by atoms with Crippen molar-refractivity contribution >= 4 is 21.7 Å². The van der Waals surface area contributed by atoms with Crippen LogP contribution in [0, 0.1) is 0 Å². The molecule has 0 saturated carbocycles. The van der Waals surface area contributed by atoms with Gasteiger partial charge in [0.05, 0.1) is 23.8 Å². The molecular formula is C14H13BrO4. The van der Waals surface area contributed by atoms with E-state index in [9.17, 15) is 4.79 Å². The van der Waals surface area contributed by atoms with E-state index in [4.69, 9.17) is 14.2 Å². The summed E-state index contributed by atoms with van der Waals surface area (Å²) in [5.74, 6) is 0.579. The number of hydrogen-bond acceptors (Lipinski definition) is 4. The van der Waals surface area contributed by atoms with Gasteiger partial charge in [0.2, 0.25) is 6.29 Å². The van der Waals surface area contributed by atoms with Gasteiger partial charge in [0, 0.05) is 11.1 Å². The van der Waals surface area contributed by atoms with Gasteiger partial charge in [-0.25, -0.2) is 0 Å². The molecule has 1 aromatic rings. The molecule has 5 heteroatoms. The van der Waals surface area contributed by atoms with Crippen LogP contribution in [0.5, 0.6) is 5.75 Å². The van der Waals surface area contributed by atoms with Crippen LogP contribution in [0.25, 0.3) is 0 Å². The first-order chi connectivity index (χ1) is 9.19. The van der Waals surface area contributed by atoms with Gasteiger partial charge in [-0.1, -0.05) is 15.9 Å². The Hall–Kier alpha value is -1.33. The molecule has 100 valence electrons. The van der Waals surface area contributed by atoms with Crippen molar-refractivity contribution in [3.63, 3.8) is 0 Å². The van der Waals surface area contributed by atoms with Crippen LogP contribution in [0.3, 0.4) is 0 Å². The molecule has 0 saturated heterocycles. The fourth-order valence-corrected chi connectivity index (χ4v) is 2.64. The Kier molecular flexibility index (Phi) is 3.33. The highest BCUT2D eigenvalue weighted by Crippen LogP contribution is 2.36. The van der Waals surface area contributed by atoms with Gasteiger partial charge in [-0.2, -0.15) is 0 Å². The van der Waals surface area contributed by atoms with Crippen LogP contribution in [0.2, 0.25) is 0 Å². The Morgan fingerprint density at radius 2 is 2.32 bits per heavy atom. The average Bonchev–Trinajstić information content (AvgIpc) is 2.40. The Labute approximate surface area is 119 Å². The maximum absolute atomic E-state index is 12.4. The van der Waals surface area contributed by atoms with Crippen LogP contribution < -0.4 is 4.74 Å². The van der Waals surface area contributed by atoms with E-state index in [-0.39, 0.29) is 18.2 Å². The minimum Gasteiger partial charge on any atom is -0.484 e. The Balaban J connectivity index is 1.93. The Bertz CT molecular complexity index is 552. The van der Waals surface area contributed by atoms with Crippen molar-refractivity contribution in [1.29, 1.82) is 0 Å². The third-order valence-electron chi connectivity index (χ3n) is 3.17. The highest BCUT2D eigenvalue weighted by atomic mass is 79.9. The number of hydrogen-bond donors (Lipinski definition) is 0. The van der Waals surface area contributed by atoms with Gasteiger partial charge in [-0.3, -0.25) is 4.79 Å². The van der Waals surface area contributed by atoms with Gasteiger partial charge >= 0.3 is 0 Å². The third-order valence-corrected chi connectivity index (χ3v) is 3.66. The van der Waals surface area contributed by atoms with Gasteiger partial charge in [0.15, 0.2) is 5.78 Å². The molecule has 0 fully saturated rings. The van der Waals surface area contributed by atoms with Crippen LogP contribution in [0.15, 0.2) is 34.5 Å². The minimum absolute atomic E-state index is 0.0394. The number of ketones is 1. The highest BCUT2D eigenvalue weighted by Gasteiger charge is 2.37. The van der Waals surface area contributed by atoms with E-state index in [0.717, 1.165) is 4.47 Å². The molecule has 0 aromatic heterocycles. The molecule has 3 rings (SSSR count). The summed E-state index contributed by atoms with van der Waals surface area (Å²) in [7, 11) is 0. The lowest BCUT2D eigenvalue weighted by Gasteiger charge is -2.33. The van der Waals surface area contributed by atoms with Gasteiger partial charge < -0.3 is 14.2 Å². The van der Waals surface area contributed by atoms with E-state index in [1.165, 1.54) is 6.26 Å². The first-order valence-corrected chi connectivity index (χ1v) is 6.96. The van der Waals surface area contributed by atoms with Crippen molar-refractivity contribution in [2.24, 2.45) is 0 Å². The average molecular weight is 325 g/mol. The summed E-state index contributed by atoms with van der Waals surface area (Å²) >= 11 is 3.36. The molecule has 2 heterocycles. The summed E-state index contributed by atoms with van der Waals surface area (Å²) < 4.78 is 17.5.